The zero-order valence-corrected chi connectivity index (χ0v) is 20.5. The lowest BCUT2D eigenvalue weighted by atomic mass is 9.49. The van der Waals surface area contributed by atoms with Crippen LogP contribution in [0.15, 0.2) is 23.3 Å². The van der Waals surface area contributed by atoms with E-state index in [1.165, 1.54) is 25.7 Å². The average Bonchev–Trinajstić information content (AvgIpc) is 3.44. The van der Waals surface area contributed by atoms with Crippen LogP contribution in [-0.2, 0) is 4.74 Å². The topological polar surface area (TPSA) is 53.0 Å². The molecule has 0 aromatic heterocycles. The smallest absolute Gasteiger partial charge is 0.102 e. The second-order valence-electron chi connectivity index (χ2n) is 12.6. The monoisotopic (exact) mass is 428 g/mol. The molecule has 0 aromatic rings. The van der Waals surface area contributed by atoms with Crippen LogP contribution in [0.1, 0.15) is 80.1 Å². The van der Waals surface area contributed by atoms with Gasteiger partial charge in [-0.25, -0.2) is 0 Å². The third-order valence-electron chi connectivity index (χ3n) is 11.0. The zero-order chi connectivity index (χ0) is 22.3. The van der Waals surface area contributed by atoms with Gasteiger partial charge in [-0.2, -0.15) is 0 Å². The molecule has 3 heteroatoms. The van der Waals surface area contributed by atoms with E-state index in [9.17, 15) is 10.2 Å². The lowest BCUT2D eigenvalue weighted by Gasteiger charge is -2.56. The Labute approximate surface area is 189 Å². The van der Waals surface area contributed by atoms with E-state index in [1.807, 2.05) is 0 Å². The molecule has 5 rings (SSSR count). The minimum absolute atomic E-state index is 0.0190. The fourth-order valence-corrected chi connectivity index (χ4v) is 8.55. The van der Waals surface area contributed by atoms with Gasteiger partial charge in [-0.1, -0.05) is 59.3 Å². The molecule has 0 amide bonds. The summed E-state index contributed by atoms with van der Waals surface area (Å²) in [5.74, 6) is 3.90. The van der Waals surface area contributed by atoms with E-state index in [0.29, 0.717) is 47.2 Å². The molecule has 1 aliphatic heterocycles. The van der Waals surface area contributed by atoms with Crippen molar-refractivity contribution in [1.29, 1.82) is 0 Å². The van der Waals surface area contributed by atoms with Gasteiger partial charge in [0.25, 0.3) is 0 Å². The summed E-state index contributed by atoms with van der Waals surface area (Å²) in [6.07, 6.45) is 11.0. The van der Waals surface area contributed by atoms with Gasteiger partial charge in [0.05, 0.1) is 18.3 Å². The normalized spacial score (nSPS) is 50.7. The first-order chi connectivity index (χ1) is 14.6. The van der Waals surface area contributed by atoms with Crippen LogP contribution >= 0.6 is 0 Å². The van der Waals surface area contributed by atoms with E-state index in [4.69, 9.17) is 4.74 Å². The summed E-state index contributed by atoms with van der Waals surface area (Å²) in [5.41, 5.74) is 3.13. The molecule has 4 fully saturated rings. The van der Waals surface area contributed by atoms with Gasteiger partial charge in [0.1, 0.15) is 6.10 Å². The van der Waals surface area contributed by atoms with Gasteiger partial charge < -0.3 is 14.9 Å². The summed E-state index contributed by atoms with van der Waals surface area (Å²) in [7, 11) is 0. The predicted molar refractivity (Wildman–Crippen MR) is 124 cm³/mol. The van der Waals surface area contributed by atoms with Crippen molar-refractivity contribution in [1.82, 2.24) is 0 Å². The fourth-order valence-electron chi connectivity index (χ4n) is 8.55. The van der Waals surface area contributed by atoms with Crippen LogP contribution in [0.25, 0.3) is 0 Å². The number of aliphatic hydroxyl groups excluding tert-OH is 2. The van der Waals surface area contributed by atoms with Crippen molar-refractivity contribution in [2.45, 2.75) is 104 Å². The number of hydrogen-bond acceptors (Lipinski definition) is 3. The number of epoxide rings is 1. The predicted octanol–water partition coefficient (Wildman–Crippen LogP) is 5.51. The Hall–Kier alpha value is -0.640. The SMILES string of the molecule is CC(C)[C@H](C)[C@@H]1O[C@H]1[C@@H](C)[C@H]1CC[C@H]2C3=CC=C4[C@H](O)[C@@H](O)CC[C@]4(C)[C@H]3CC[C@]12C. The van der Waals surface area contributed by atoms with Crippen LogP contribution < -0.4 is 0 Å². The van der Waals surface area contributed by atoms with Gasteiger partial charge in [-0.15, -0.1) is 0 Å². The maximum atomic E-state index is 10.7. The highest BCUT2D eigenvalue weighted by Gasteiger charge is 2.60. The Bertz CT molecular complexity index is 783. The minimum Gasteiger partial charge on any atom is -0.390 e. The van der Waals surface area contributed by atoms with Crippen molar-refractivity contribution in [3.63, 3.8) is 0 Å². The second-order valence-corrected chi connectivity index (χ2v) is 12.6. The molecule has 5 aliphatic rings. The first-order valence-corrected chi connectivity index (χ1v) is 13.0. The van der Waals surface area contributed by atoms with Crippen LogP contribution in [0.2, 0.25) is 0 Å². The van der Waals surface area contributed by atoms with Crippen molar-refractivity contribution in [2.75, 3.05) is 0 Å². The van der Waals surface area contributed by atoms with E-state index in [-0.39, 0.29) is 5.41 Å². The maximum absolute atomic E-state index is 10.7. The molecule has 3 nitrogen and oxygen atoms in total. The van der Waals surface area contributed by atoms with Crippen molar-refractivity contribution in [3.05, 3.63) is 23.3 Å². The van der Waals surface area contributed by atoms with E-state index >= 15 is 0 Å². The van der Waals surface area contributed by atoms with Crippen LogP contribution in [0.5, 0.6) is 0 Å². The Morgan fingerprint density at radius 3 is 2.35 bits per heavy atom. The molecule has 11 atom stereocenters. The quantitative estimate of drug-likeness (QED) is 0.580. The Kier molecular flexibility index (Phi) is 5.32. The standard InChI is InChI=1S/C28H44O3/c1-15(2)16(3)25-26(31-25)17(4)19-9-10-20-18-7-8-22-24(30)23(29)12-14-28(22,6)21(18)11-13-27(19,20)5/h7-8,15-17,19-21,23-26,29-30H,9-14H2,1-6H3/t16-,17-,19+,20-,21-,23-,24-,25-,26-,27+,28+/m0/s1. The summed E-state index contributed by atoms with van der Waals surface area (Å²) in [4.78, 5) is 0. The Morgan fingerprint density at radius 2 is 1.65 bits per heavy atom. The van der Waals surface area contributed by atoms with Gasteiger partial charge in [0.2, 0.25) is 0 Å². The zero-order valence-electron chi connectivity index (χ0n) is 20.5. The Balaban J connectivity index is 1.38. The van der Waals surface area contributed by atoms with E-state index in [0.717, 1.165) is 24.3 Å². The highest BCUT2D eigenvalue weighted by atomic mass is 16.6. The van der Waals surface area contributed by atoms with E-state index in [1.54, 1.807) is 5.57 Å². The molecule has 1 heterocycles. The number of hydrogen-bond donors (Lipinski definition) is 2. The second kappa shape index (κ2) is 7.43. The Morgan fingerprint density at radius 1 is 0.903 bits per heavy atom. The van der Waals surface area contributed by atoms with Gasteiger partial charge in [0, 0.05) is 0 Å². The maximum Gasteiger partial charge on any atom is 0.102 e. The molecule has 31 heavy (non-hydrogen) atoms. The first-order valence-electron chi connectivity index (χ1n) is 13.0. The molecule has 0 bridgehead atoms. The van der Waals surface area contributed by atoms with Gasteiger partial charge in [-0.05, 0) is 90.4 Å². The van der Waals surface area contributed by atoms with E-state index in [2.05, 4.69) is 53.7 Å². The molecule has 0 spiro atoms. The third kappa shape index (κ3) is 3.16. The van der Waals surface area contributed by atoms with Gasteiger partial charge in [-0.3, -0.25) is 0 Å². The van der Waals surface area contributed by atoms with Crippen molar-refractivity contribution < 1.29 is 14.9 Å². The van der Waals surface area contributed by atoms with Crippen molar-refractivity contribution in [3.8, 4) is 0 Å². The van der Waals surface area contributed by atoms with Crippen molar-refractivity contribution in [2.24, 2.45) is 46.3 Å². The summed E-state index contributed by atoms with van der Waals surface area (Å²) in [6.45, 7) is 14.4. The summed E-state index contributed by atoms with van der Waals surface area (Å²) in [6, 6.07) is 0. The van der Waals surface area contributed by atoms with Gasteiger partial charge in [0.15, 0.2) is 0 Å². The molecule has 3 saturated carbocycles. The van der Waals surface area contributed by atoms with Crippen LogP contribution in [-0.4, -0.2) is 34.6 Å². The minimum atomic E-state index is -0.687. The number of rotatable bonds is 4. The summed E-state index contributed by atoms with van der Waals surface area (Å²) >= 11 is 0. The molecule has 1 saturated heterocycles. The molecule has 0 unspecified atom stereocenters. The van der Waals surface area contributed by atoms with Crippen LogP contribution in [0.4, 0.5) is 0 Å². The molecule has 0 aromatic carbocycles. The molecule has 174 valence electrons. The lowest BCUT2D eigenvalue weighted by Crippen LogP contribution is -2.50. The highest BCUT2D eigenvalue weighted by molar-refractivity contribution is 5.40. The largest absolute Gasteiger partial charge is 0.390 e. The van der Waals surface area contributed by atoms with Crippen LogP contribution in [0, 0.1) is 46.3 Å². The molecule has 4 aliphatic carbocycles. The molecule has 0 radical (unpaired) electrons. The van der Waals surface area contributed by atoms with E-state index < -0.39 is 12.2 Å². The molecular formula is C28H44O3. The van der Waals surface area contributed by atoms with Gasteiger partial charge >= 0.3 is 0 Å². The number of ether oxygens (including phenoxy) is 1. The highest BCUT2D eigenvalue weighted by Crippen LogP contribution is 2.66. The number of aliphatic hydroxyl groups is 2. The third-order valence-corrected chi connectivity index (χ3v) is 11.0. The average molecular weight is 429 g/mol. The summed E-state index contributed by atoms with van der Waals surface area (Å²) < 4.78 is 6.28. The lowest BCUT2D eigenvalue weighted by molar-refractivity contribution is -0.0286. The molecular weight excluding hydrogens is 384 g/mol. The number of allylic oxidation sites excluding steroid dienone is 3. The summed E-state index contributed by atoms with van der Waals surface area (Å²) in [5, 5.41) is 20.9. The fraction of sp³-hybridized carbons (Fsp3) is 0.857. The van der Waals surface area contributed by atoms with Crippen LogP contribution in [0.3, 0.4) is 0 Å². The first kappa shape index (κ1) is 22.2. The van der Waals surface area contributed by atoms with Crippen molar-refractivity contribution >= 4 is 0 Å². The molecule has 2 N–H and O–H groups in total. The number of fused-ring (bicyclic) bond motifs is 5.